The van der Waals surface area contributed by atoms with Crippen LogP contribution in [0, 0.1) is 0 Å². The maximum absolute atomic E-state index is 13.9. The van der Waals surface area contributed by atoms with Gasteiger partial charge in [-0.3, -0.25) is 0 Å². The quantitative estimate of drug-likeness (QED) is 0.0289. The van der Waals surface area contributed by atoms with Gasteiger partial charge in [-0.2, -0.15) is 0 Å². The minimum Gasteiger partial charge on any atom is -0.488 e. The van der Waals surface area contributed by atoms with Crippen molar-refractivity contribution in [3.63, 3.8) is 0 Å². The Balaban J connectivity index is 0.770. The summed E-state index contributed by atoms with van der Waals surface area (Å²) in [6.07, 6.45) is 14.0. The van der Waals surface area contributed by atoms with Gasteiger partial charge in [-0.1, -0.05) is 234 Å². The third-order valence-electron chi connectivity index (χ3n) is 13.6. The summed E-state index contributed by atoms with van der Waals surface area (Å²) in [7, 11) is 0. The van der Waals surface area contributed by atoms with Crippen LogP contribution in [0.1, 0.15) is 141 Å². The van der Waals surface area contributed by atoms with Crippen LogP contribution in [0.3, 0.4) is 0 Å². The van der Waals surface area contributed by atoms with Crippen LogP contribution in [0.4, 0.5) is 0 Å². The zero-order chi connectivity index (χ0) is 51.3. The van der Waals surface area contributed by atoms with Crippen LogP contribution in [0.25, 0.3) is 0 Å². The molecule has 0 spiro atoms. The normalized spacial score (nSPS) is 16.7. The van der Waals surface area contributed by atoms with Crippen LogP contribution in [-0.2, 0) is 72.7 Å². The average molecular weight is 1000 g/mol. The topological polar surface area (TPSA) is 98.8 Å². The number of esters is 2. The van der Waals surface area contributed by atoms with E-state index in [2.05, 4.69) is 0 Å². The summed E-state index contributed by atoms with van der Waals surface area (Å²) >= 11 is 0. The van der Waals surface area contributed by atoms with Crippen molar-refractivity contribution in [2.75, 3.05) is 6.61 Å². The molecular formula is C65H78O9. The lowest BCUT2D eigenvalue weighted by Gasteiger charge is -2.25. The van der Waals surface area contributed by atoms with Gasteiger partial charge in [-0.25, -0.2) is 9.59 Å². The summed E-state index contributed by atoms with van der Waals surface area (Å²) in [5, 5.41) is 0. The molecule has 74 heavy (non-hydrogen) atoms. The number of hydrogen-bond acceptors (Lipinski definition) is 9. The van der Waals surface area contributed by atoms with Gasteiger partial charge in [0.2, 0.25) is 0 Å². The van der Waals surface area contributed by atoms with E-state index in [9.17, 15) is 9.59 Å². The molecule has 0 unspecified atom stereocenters. The van der Waals surface area contributed by atoms with Crippen molar-refractivity contribution in [3.8, 4) is 5.75 Å². The molecule has 0 amide bonds. The molecule has 1 saturated heterocycles. The minimum absolute atomic E-state index is 0.222. The second-order valence-electron chi connectivity index (χ2n) is 19.6. The number of carbonyl (C=O) groups excluding carboxylic acids is 2. The zero-order valence-corrected chi connectivity index (χ0v) is 43.6. The fourth-order valence-corrected chi connectivity index (χ4v) is 9.52. The van der Waals surface area contributed by atoms with E-state index in [1.54, 1.807) is 0 Å². The molecule has 0 radical (unpaired) electrons. The SMILES string of the molecule is C[C@H](CCCCCCCCCCCCCCCc1cccc(OCc2ccccc2)c1C(=O)OCc1ccccc1)OC(=O)[C@H]1O[C@H](COCc2ccccc2)[C@@H](OCc2ccccc2)[C@@H]1OCc1ccccc1. The van der Waals surface area contributed by atoms with Gasteiger partial charge in [-0.15, -0.1) is 0 Å². The van der Waals surface area contributed by atoms with Crippen molar-refractivity contribution >= 4 is 11.9 Å². The Bertz CT molecular complexity index is 2450. The molecular weight excluding hydrogens is 925 g/mol. The highest BCUT2D eigenvalue weighted by Crippen LogP contribution is 2.31. The number of hydrogen-bond donors (Lipinski definition) is 0. The molecule has 0 saturated carbocycles. The summed E-state index contributed by atoms with van der Waals surface area (Å²) in [5.41, 5.74) is 6.61. The first-order chi connectivity index (χ1) is 36.5. The van der Waals surface area contributed by atoms with Gasteiger partial charge in [0.05, 0.1) is 32.5 Å². The maximum Gasteiger partial charge on any atom is 0.342 e. The number of benzene rings is 6. The molecule has 0 N–H and O–H groups in total. The molecule has 0 aliphatic carbocycles. The van der Waals surface area contributed by atoms with Crippen molar-refractivity contribution in [1.29, 1.82) is 0 Å². The molecule has 0 bridgehead atoms. The third-order valence-corrected chi connectivity index (χ3v) is 13.6. The molecule has 392 valence electrons. The Morgan fingerprint density at radius 1 is 0.473 bits per heavy atom. The molecule has 7 rings (SSSR count). The molecule has 1 aliphatic heterocycles. The average Bonchev–Trinajstić information content (AvgIpc) is 3.79. The van der Waals surface area contributed by atoms with Crippen LogP contribution >= 0.6 is 0 Å². The zero-order valence-electron chi connectivity index (χ0n) is 43.6. The highest BCUT2D eigenvalue weighted by molar-refractivity contribution is 5.94. The summed E-state index contributed by atoms with van der Waals surface area (Å²) < 4.78 is 43.8. The van der Waals surface area contributed by atoms with Crippen molar-refractivity contribution in [3.05, 3.63) is 209 Å². The lowest BCUT2D eigenvalue weighted by molar-refractivity contribution is -0.168. The molecule has 9 nitrogen and oxygen atoms in total. The predicted octanol–water partition coefficient (Wildman–Crippen LogP) is 14.7. The number of ether oxygens (including phenoxy) is 7. The lowest BCUT2D eigenvalue weighted by atomic mass is 9.99. The van der Waals surface area contributed by atoms with Gasteiger partial charge in [0.15, 0.2) is 6.10 Å². The Labute approximate surface area is 440 Å². The van der Waals surface area contributed by atoms with Gasteiger partial charge in [0, 0.05) is 0 Å². The Kier molecular flexibility index (Phi) is 24.3. The monoisotopic (exact) mass is 1000 g/mol. The first kappa shape index (κ1) is 55.6. The number of unbranched alkanes of at least 4 members (excludes halogenated alkanes) is 12. The fourth-order valence-electron chi connectivity index (χ4n) is 9.52. The van der Waals surface area contributed by atoms with Gasteiger partial charge in [0.25, 0.3) is 0 Å². The third kappa shape index (κ3) is 19.3. The summed E-state index contributed by atoms with van der Waals surface area (Å²) in [4.78, 5) is 27.5. The molecule has 1 heterocycles. The predicted molar refractivity (Wildman–Crippen MR) is 291 cm³/mol. The Hall–Kier alpha value is -6.10. The van der Waals surface area contributed by atoms with E-state index in [-0.39, 0.29) is 25.3 Å². The standard InChI is InChI=1S/C65H78O9/c1-51(73-65(67)63-62(71-48-55-38-25-16-26-39-55)61(70-47-54-36-23-15-24-37-54)59(74-63)50-68-45-52-32-19-13-20-33-52)31-18-11-9-7-5-3-2-4-6-8-10-12-29-42-57-43-30-44-58(69-46-53-34-21-14-22-35-53)60(57)64(66)72-49-56-40-27-17-28-41-56/h13-17,19-28,30,32-41,43-44,51,59,61-63H,2-12,18,29,31,42,45-50H2,1H3/t51-,59-,61-,62+,63+/m1/s1. The van der Waals surface area contributed by atoms with E-state index in [4.69, 9.17) is 33.2 Å². The molecule has 1 fully saturated rings. The number of rotatable bonds is 34. The van der Waals surface area contributed by atoms with E-state index in [1.165, 1.54) is 57.8 Å². The van der Waals surface area contributed by atoms with Crippen LogP contribution < -0.4 is 4.74 Å². The summed E-state index contributed by atoms with van der Waals surface area (Å²) in [5.74, 6) is -0.192. The van der Waals surface area contributed by atoms with Crippen molar-refractivity contribution < 1.29 is 42.7 Å². The van der Waals surface area contributed by atoms with E-state index >= 15 is 0 Å². The highest BCUT2D eigenvalue weighted by Gasteiger charge is 2.51. The van der Waals surface area contributed by atoms with E-state index in [1.807, 2.05) is 177 Å². The first-order valence-corrected chi connectivity index (χ1v) is 27.3. The second kappa shape index (κ2) is 32.3. The van der Waals surface area contributed by atoms with Crippen LogP contribution in [-0.4, -0.2) is 49.1 Å². The van der Waals surface area contributed by atoms with Crippen molar-refractivity contribution in [2.45, 2.75) is 167 Å². The number of carbonyl (C=O) groups is 2. The second-order valence-corrected chi connectivity index (χ2v) is 19.6. The summed E-state index contributed by atoms with van der Waals surface area (Å²) in [6.45, 7) is 3.89. The minimum atomic E-state index is -0.953. The molecule has 6 aromatic rings. The van der Waals surface area contributed by atoms with E-state index < -0.39 is 30.4 Å². The van der Waals surface area contributed by atoms with Gasteiger partial charge in [0.1, 0.15) is 42.8 Å². The Morgan fingerprint density at radius 2 is 0.919 bits per heavy atom. The molecule has 0 aromatic heterocycles. The highest BCUT2D eigenvalue weighted by atomic mass is 16.6. The van der Waals surface area contributed by atoms with Gasteiger partial charge < -0.3 is 33.2 Å². The number of aryl methyl sites for hydroxylation is 1. The van der Waals surface area contributed by atoms with Gasteiger partial charge in [-0.05, 0) is 72.1 Å². The van der Waals surface area contributed by atoms with Crippen LogP contribution in [0.5, 0.6) is 5.75 Å². The molecule has 1 aliphatic rings. The summed E-state index contributed by atoms with van der Waals surface area (Å²) in [6, 6.07) is 55.7. The molecule has 6 aromatic carbocycles. The first-order valence-electron chi connectivity index (χ1n) is 27.3. The Morgan fingerprint density at radius 3 is 1.45 bits per heavy atom. The maximum atomic E-state index is 13.9. The van der Waals surface area contributed by atoms with Crippen molar-refractivity contribution in [2.24, 2.45) is 0 Å². The van der Waals surface area contributed by atoms with Gasteiger partial charge >= 0.3 is 11.9 Å². The molecule has 5 atom stereocenters. The fraction of sp³-hybridized carbons (Fsp3) is 0.415. The smallest absolute Gasteiger partial charge is 0.342 e. The molecule has 9 heteroatoms. The van der Waals surface area contributed by atoms with E-state index in [0.29, 0.717) is 37.7 Å². The van der Waals surface area contributed by atoms with Crippen LogP contribution in [0.15, 0.2) is 170 Å². The lowest BCUT2D eigenvalue weighted by Crippen LogP contribution is -2.42. The van der Waals surface area contributed by atoms with Crippen molar-refractivity contribution in [1.82, 2.24) is 0 Å². The van der Waals surface area contributed by atoms with E-state index in [0.717, 1.165) is 71.9 Å². The largest absolute Gasteiger partial charge is 0.488 e. The van der Waals surface area contributed by atoms with Crippen LogP contribution in [0.2, 0.25) is 0 Å².